The first-order chi connectivity index (χ1) is 9.81. The lowest BCUT2D eigenvalue weighted by Crippen LogP contribution is -2.46. The summed E-state index contributed by atoms with van der Waals surface area (Å²) in [6, 6.07) is 0.0336. The number of furan rings is 1. The number of carbonyl (C=O) groups is 3. The van der Waals surface area contributed by atoms with Crippen LogP contribution < -0.4 is 11.1 Å². The van der Waals surface area contributed by atoms with Crippen molar-refractivity contribution < 1.29 is 23.9 Å². The van der Waals surface area contributed by atoms with E-state index in [4.69, 9.17) is 15.3 Å². The third-order valence-electron chi connectivity index (χ3n) is 3.00. The van der Waals surface area contributed by atoms with Crippen LogP contribution in [0.25, 0.3) is 0 Å². The summed E-state index contributed by atoms with van der Waals surface area (Å²) < 4.78 is 5.13. The van der Waals surface area contributed by atoms with Crippen molar-refractivity contribution in [1.82, 2.24) is 10.2 Å². The highest BCUT2D eigenvalue weighted by atomic mass is 16.4. The van der Waals surface area contributed by atoms with Gasteiger partial charge in [0, 0.05) is 19.0 Å². The molecule has 0 bridgehead atoms. The summed E-state index contributed by atoms with van der Waals surface area (Å²) in [5.41, 5.74) is 5.80. The van der Waals surface area contributed by atoms with E-state index in [1.165, 1.54) is 18.2 Å². The van der Waals surface area contributed by atoms with E-state index in [1.54, 1.807) is 13.0 Å². The second-order valence-corrected chi connectivity index (χ2v) is 4.70. The molecule has 1 rings (SSSR count). The fourth-order valence-corrected chi connectivity index (χ4v) is 1.71. The topological polar surface area (TPSA) is 126 Å². The Hall–Kier alpha value is -2.51. The smallest absolute Gasteiger partial charge is 0.326 e. The maximum absolute atomic E-state index is 11.9. The SMILES string of the molecule is Cc1occc1CN(C)C(=O)N[C@H](CCC(N)=O)C(=O)O. The first-order valence-electron chi connectivity index (χ1n) is 6.37. The molecule has 0 saturated heterocycles. The second kappa shape index (κ2) is 7.32. The molecule has 116 valence electrons. The highest BCUT2D eigenvalue weighted by molar-refractivity contribution is 5.83. The summed E-state index contributed by atoms with van der Waals surface area (Å²) in [5.74, 6) is -1.13. The number of rotatable bonds is 7. The van der Waals surface area contributed by atoms with Gasteiger partial charge in [-0.2, -0.15) is 0 Å². The molecule has 0 aliphatic heterocycles. The third-order valence-corrected chi connectivity index (χ3v) is 3.00. The van der Waals surface area contributed by atoms with Crippen LogP contribution in [-0.2, 0) is 16.1 Å². The molecular formula is C13H19N3O5. The zero-order valence-corrected chi connectivity index (χ0v) is 12.0. The molecular weight excluding hydrogens is 278 g/mol. The zero-order valence-electron chi connectivity index (χ0n) is 12.0. The molecule has 1 heterocycles. The number of nitrogens with one attached hydrogen (secondary N) is 1. The van der Waals surface area contributed by atoms with Gasteiger partial charge in [-0.05, 0) is 19.4 Å². The van der Waals surface area contributed by atoms with Crippen molar-refractivity contribution in [2.24, 2.45) is 5.73 Å². The number of primary amides is 1. The van der Waals surface area contributed by atoms with Crippen LogP contribution in [0.3, 0.4) is 0 Å². The minimum atomic E-state index is -1.21. The van der Waals surface area contributed by atoms with Crippen LogP contribution in [0.2, 0.25) is 0 Å². The van der Waals surface area contributed by atoms with Crippen LogP contribution in [0, 0.1) is 6.92 Å². The number of carboxylic acid groups (broad SMARTS) is 1. The van der Waals surface area contributed by atoms with Gasteiger partial charge < -0.3 is 25.5 Å². The number of aryl methyl sites for hydroxylation is 1. The molecule has 8 heteroatoms. The predicted octanol–water partition coefficient (Wildman–Crippen LogP) is 0.448. The minimum absolute atomic E-state index is 0.0466. The number of carboxylic acids is 1. The predicted molar refractivity (Wildman–Crippen MR) is 73.3 cm³/mol. The molecule has 0 saturated carbocycles. The number of urea groups is 1. The Morgan fingerprint density at radius 1 is 1.48 bits per heavy atom. The second-order valence-electron chi connectivity index (χ2n) is 4.70. The van der Waals surface area contributed by atoms with Gasteiger partial charge in [-0.15, -0.1) is 0 Å². The molecule has 0 fully saturated rings. The maximum Gasteiger partial charge on any atom is 0.326 e. The molecule has 0 radical (unpaired) electrons. The Morgan fingerprint density at radius 2 is 2.14 bits per heavy atom. The largest absolute Gasteiger partial charge is 0.480 e. The van der Waals surface area contributed by atoms with Gasteiger partial charge >= 0.3 is 12.0 Å². The molecule has 0 spiro atoms. The third kappa shape index (κ3) is 5.17. The van der Waals surface area contributed by atoms with Crippen LogP contribution in [0.1, 0.15) is 24.2 Å². The highest BCUT2D eigenvalue weighted by Crippen LogP contribution is 2.11. The van der Waals surface area contributed by atoms with Gasteiger partial charge in [-0.25, -0.2) is 9.59 Å². The summed E-state index contributed by atoms with van der Waals surface area (Å²) in [5, 5.41) is 11.4. The van der Waals surface area contributed by atoms with Gasteiger partial charge in [-0.3, -0.25) is 4.79 Å². The quantitative estimate of drug-likeness (QED) is 0.673. The Balaban J connectivity index is 2.58. The van der Waals surface area contributed by atoms with Crippen LogP contribution in [0.15, 0.2) is 16.7 Å². The number of amides is 3. The maximum atomic E-state index is 11.9. The molecule has 0 unspecified atom stereocenters. The first-order valence-corrected chi connectivity index (χ1v) is 6.37. The number of carbonyl (C=O) groups excluding carboxylic acids is 2. The van der Waals surface area contributed by atoms with E-state index in [0.29, 0.717) is 5.76 Å². The number of nitrogens with zero attached hydrogens (tertiary/aromatic N) is 1. The van der Waals surface area contributed by atoms with Crippen LogP contribution in [-0.4, -0.2) is 41.0 Å². The Labute approximate surface area is 121 Å². The summed E-state index contributed by atoms with van der Waals surface area (Å²) in [6.07, 6.45) is 1.36. The number of hydrogen-bond acceptors (Lipinski definition) is 4. The minimum Gasteiger partial charge on any atom is -0.480 e. The molecule has 21 heavy (non-hydrogen) atoms. The van der Waals surface area contributed by atoms with Gasteiger partial charge in [0.2, 0.25) is 5.91 Å². The van der Waals surface area contributed by atoms with Crippen molar-refractivity contribution in [1.29, 1.82) is 0 Å². The van der Waals surface area contributed by atoms with Crippen molar-refractivity contribution in [2.75, 3.05) is 7.05 Å². The molecule has 1 aromatic heterocycles. The van der Waals surface area contributed by atoms with Crippen LogP contribution in [0.4, 0.5) is 4.79 Å². The van der Waals surface area contributed by atoms with Gasteiger partial charge in [0.1, 0.15) is 11.8 Å². The standard InChI is InChI=1S/C13H19N3O5/c1-8-9(5-6-21-8)7-16(2)13(20)15-10(12(18)19)3-4-11(14)17/h5-6,10H,3-4,7H2,1-2H3,(H2,14,17)(H,15,20)(H,18,19)/t10-/m1/s1. The van der Waals surface area contributed by atoms with Crippen molar-refractivity contribution in [3.63, 3.8) is 0 Å². The van der Waals surface area contributed by atoms with Crippen molar-refractivity contribution in [3.05, 3.63) is 23.7 Å². The first kappa shape index (κ1) is 16.5. The Kier molecular flexibility index (Phi) is 5.77. The van der Waals surface area contributed by atoms with Crippen molar-refractivity contribution in [2.45, 2.75) is 32.4 Å². The molecule has 3 amide bonds. The van der Waals surface area contributed by atoms with E-state index in [9.17, 15) is 14.4 Å². The zero-order chi connectivity index (χ0) is 16.0. The van der Waals surface area contributed by atoms with E-state index in [1.807, 2.05) is 0 Å². The average Bonchev–Trinajstić information content (AvgIpc) is 2.79. The normalized spacial score (nSPS) is 11.7. The summed E-state index contributed by atoms with van der Waals surface area (Å²) in [7, 11) is 1.54. The van der Waals surface area contributed by atoms with E-state index in [-0.39, 0.29) is 19.4 Å². The average molecular weight is 297 g/mol. The fraction of sp³-hybridized carbons (Fsp3) is 0.462. The molecule has 8 nitrogen and oxygen atoms in total. The molecule has 0 aliphatic rings. The highest BCUT2D eigenvalue weighted by Gasteiger charge is 2.22. The van der Waals surface area contributed by atoms with Gasteiger partial charge in [-0.1, -0.05) is 0 Å². The van der Waals surface area contributed by atoms with E-state index in [2.05, 4.69) is 5.32 Å². The van der Waals surface area contributed by atoms with Gasteiger partial charge in [0.05, 0.1) is 12.8 Å². The lowest BCUT2D eigenvalue weighted by Gasteiger charge is -2.21. The molecule has 0 aromatic carbocycles. The van der Waals surface area contributed by atoms with E-state index < -0.39 is 23.9 Å². The molecule has 0 aliphatic carbocycles. The Morgan fingerprint density at radius 3 is 2.62 bits per heavy atom. The lowest BCUT2D eigenvalue weighted by molar-refractivity contribution is -0.139. The number of hydrogen-bond donors (Lipinski definition) is 3. The van der Waals surface area contributed by atoms with Crippen LogP contribution >= 0.6 is 0 Å². The Bertz CT molecular complexity index is 526. The summed E-state index contributed by atoms with van der Waals surface area (Å²) >= 11 is 0. The van der Waals surface area contributed by atoms with Gasteiger partial charge in [0.25, 0.3) is 0 Å². The molecule has 4 N–H and O–H groups in total. The van der Waals surface area contributed by atoms with Crippen molar-refractivity contribution >= 4 is 17.9 Å². The summed E-state index contributed by atoms with van der Waals surface area (Å²) in [6.45, 7) is 2.06. The molecule has 1 aromatic rings. The van der Waals surface area contributed by atoms with Gasteiger partial charge in [0.15, 0.2) is 0 Å². The fourth-order valence-electron chi connectivity index (χ4n) is 1.71. The van der Waals surface area contributed by atoms with E-state index >= 15 is 0 Å². The number of nitrogens with two attached hydrogens (primary N) is 1. The lowest BCUT2D eigenvalue weighted by atomic mass is 10.1. The summed E-state index contributed by atoms with van der Waals surface area (Å²) in [4.78, 5) is 35.0. The van der Waals surface area contributed by atoms with E-state index in [0.717, 1.165) is 5.56 Å². The molecule has 1 atom stereocenters. The monoisotopic (exact) mass is 297 g/mol. The van der Waals surface area contributed by atoms with Crippen LogP contribution in [0.5, 0.6) is 0 Å². The van der Waals surface area contributed by atoms with Crippen molar-refractivity contribution in [3.8, 4) is 0 Å². The number of aliphatic carboxylic acids is 1.